The van der Waals surface area contributed by atoms with E-state index in [0.29, 0.717) is 36.9 Å². The van der Waals surface area contributed by atoms with Crippen LogP contribution >= 0.6 is 0 Å². The number of aliphatic imine (C=N–C) groups is 2. The minimum Gasteiger partial charge on any atom is -0.488 e. The molecule has 8 nitrogen and oxygen atoms in total. The number of hydrogen-bond donors (Lipinski definition) is 0. The second-order valence-corrected chi connectivity index (χ2v) is 18.0. The molecule has 0 saturated carbocycles. The van der Waals surface area contributed by atoms with E-state index in [1.807, 2.05) is 6.20 Å². The predicted octanol–water partition coefficient (Wildman–Crippen LogP) is 10.1. The van der Waals surface area contributed by atoms with Crippen LogP contribution in [0.5, 0.6) is 5.75 Å². The Morgan fingerprint density at radius 3 is 2.19 bits per heavy atom. The van der Waals surface area contributed by atoms with Crippen LogP contribution in [0.1, 0.15) is 104 Å². The molecule has 0 N–H and O–H groups in total. The van der Waals surface area contributed by atoms with Crippen molar-refractivity contribution in [2.24, 2.45) is 45.5 Å². The van der Waals surface area contributed by atoms with Gasteiger partial charge in [-0.2, -0.15) is 0 Å². The summed E-state index contributed by atoms with van der Waals surface area (Å²) in [5.41, 5.74) is 10.3. The average molecular weight is 771 g/mol. The first-order valence-corrected chi connectivity index (χ1v) is 21.8. The van der Waals surface area contributed by atoms with Gasteiger partial charge in [-0.1, -0.05) is 85.9 Å². The van der Waals surface area contributed by atoms with E-state index in [0.717, 1.165) is 86.5 Å². The van der Waals surface area contributed by atoms with Crippen molar-refractivity contribution in [3.63, 3.8) is 0 Å². The highest BCUT2D eigenvalue weighted by Gasteiger charge is 2.42. The number of ether oxygens (including phenoxy) is 2. The van der Waals surface area contributed by atoms with E-state index in [1.165, 1.54) is 38.6 Å². The van der Waals surface area contributed by atoms with E-state index in [9.17, 15) is 9.59 Å². The van der Waals surface area contributed by atoms with Crippen molar-refractivity contribution < 1.29 is 19.1 Å². The number of likely N-dealkylation sites (tertiary alicyclic amines) is 2. The van der Waals surface area contributed by atoms with Gasteiger partial charge >= 0.3 is 0 Å². The molecule has 302 valence electrons. The normalized spacial score (nSPS) is 24.6. The standard InChI is InChI=1S/C49H62N4O4/c1-9-28(4)30(6)48(54)52-24-32(11-3)16-45(52)43-20-36(23-50-43)34-12-14-38-37(18-34)27-57-47-22-39-35(19-41(38)47)13-15-42-40(39)21-44(51-42)46-17-33(26-56-8)25-53(46)49(55)31(7)29(5)10-2/h12-15,18-19,22-23,28-33,45-46H,9-11,16-17,20-21,24-27H2,1-8H3/t28-,29-,30-,31?,32-,33-,45-,46-/m0/s1. The summed E-state index contributed by atoms with van der Waals surface area (Å²) in [7, 11) is 1.75. The van der Waals surface area contributed by atoms with Crippen molar-refractivity contribution in [1.29, 1.82) is 0 Å². The van der Waals surface area contributed by atoms with Gasteiger partial charge in [0.05, 0.1) is 24.4 Å². The van der Waals surface area contributed by atoms with Crippen molar-refractivity contribution in [2.45, 2.75) is 112 Å². The first-order chi connectivity index (χ1) is 27.5. The molecule has 0 radical (unpaired) electrons. The summed E-state index contributed by atoms with van der Waals surface area (Å²) >= 11 is 0. The van der Waals surface area contributed by atoms with E-state index >= 15 is 0 Å². The fourth-order valence-corrected chi connectivity index (χ4v) is 10.1. The molecule has 5 aliphatic heterocycles. The fourth-order valence-electron chi connectivity index (χ4n) is 10.1. The van der Waals surface area contributed by atoms with E-state index in [4.69, 9.17) is 19.5 Å². The summed E-state index contributed by atoms with van der Waals surface area (Å²) in [6.07, 6.45) is 8.50. The van der Waals surface area contributed by atoms with Gasteiger partial charge in [-0.05, 0) is 93.5 Å². The zero-order valence-electron chi connectivity index (χ0n) is 35.4. The summed E-state index contributed by atoms with van der Waals surface area (Å²) in [6.45, 7) is 17.8. The molecule has 2 saturated heterocycles. The van der Waals surface area contributed by atoms with Gasteiger partial charge in [-0.25, -0.2) is 0 Å². The number of benzene rings is 3. The van der Waals surface area contributed by atoms with Gasteiger partial charge in [0.25, 0.3) is 0 Å². The van der Waals surface area contributed by atoms with Crippen LogP contribution in [0.2, 0.25) is 0 Å². The second kappa shape index (κ2) is 16.2. The second-order valence-electron chi connectivity index (χ2n) is 18.0. The number of carbonyl (C=O) groups excluding carboxylic acids is 2. The Morgan fingerprint density at radius 2 is 1.51 bits per heavy atom. The third kappa shape index (κ3) is 7.25. The maximum Gasteiger partial charge on any atom is 0.226 e. The number of nitrogens with zero attached hydrogens (tertiary/aromatic N) is 4. The monoisotopic (exact) mass is 770 g/mol. The first kappa shape index (κ1) is 39.5. The molecule has 2 amide bonds. The Labute approximate surface area is 339 Å². The van der Waals surface area contributed by atoms with Crippen molar-refractivity contribution in [3.05, 3.63) is 65.4 Å². The molecule has 0 aromatic heterocycles. The predicted molar refractivity (Wildman–Crippen MR) is 231 cm³/mol. The number of allylic oxidation sites excluding steroid dienone is 1. The molecule has 5 heterocycles. The average Bonchev–Trinajstić information content (AvgIpc) is 4.06. The molecular formula is C49H62N4O4. The maximum atomic E-state index is 13.9. The summed E-state index contributed by atoms with van der Waals surface area (Å²) in [4.78, 5) is 42.0. The number of amides is 2. The maximum absolute atomic E-state index is 13.9. The summed E-state index contributed by atoms with van der Waals surface area (Å²) in [5.74, 6) is 2.95. The zero-order chi connectivity index (χ0) is 40.1. The first-order valence-electron chi connectivity index (χ1n) is 21.8. The minimum absolute atomic E-state index is 0.0100. The molecule has 0 bridgehead atoms. The Bertz CT molecular complexity index is 2150. The van der Waals surface area contributed by atoms with Crippen molar-refractivity contribution in [1.82, 2.24) is 9.80 Å². The molecule has 2 fully saturated rings. The highest BCUT2D eigenvalue weighted by molar-refractivity contribution is 6.07. The van der Waals surface area contributed by atoms with E-state index < -0.39 is 0 Å². The van der Waals surface area contributed by atoms with E-state index in [2.05, 4.69) is 101 Å². The van der Waals surface area contributed by atoms with E-state index in [1.54, 1.807) is 7.11 Å². The third-order valence-electron chi connectivity index (χ3n) is 14.6. The van der Waals surface area contributed by atoms with Crippen LogP contribution in [0.3, 0.4) is 0 Å². The van der Waals surface area contributed by atoms with Gasteiger partial charge in [-0.15, -0.1) is 0 Å². The lowest BCUT2D eigenvalue weighted by molar-refractivity contribution is -0.137. The fraction of sp³-hybridized carbons (Fsp3) is 0.551. The van der Waals surface area contributed by atoms with Gasteiger partial charge < -0.3 is 19.3 Å². The van der Waals surface area contributed by atoms with E-state index in [-0.39, 0.29) is 35.7 Å². The van der Waals surface area contributed by atoms with Crippen LogP contribution in [0.4, 0.5) is 5.69 Å². The number of hydrogen-bond acceptors (Lipinski definition) is 6. The third-order valence-corrected chi connectivity index (χ3v) is 14.6. The molecule has 57 heavy (non-hydrogen) atoms. The molecule has 0 aliphatic carbocycles. The van der Waals surface area contributed by atoms with Crippen LogP contribution in [0, 0.1) is 35.5 Å². The lowest BCUT2D eigenvalue weighted by Gasteiger charge is -2.30. The molecule has 1 unspecified atom stereocenters. The van der Waals surface area contributed by atoms with Crippen LogP contribution in [-0.4, -0.2) is 71.9 Å². The van der Waals surface area contributed by atoms with Crippen LogP contribution in [0.15, 0.2) is 58.6 Å². The zero-order valence-corrected chi connectivity index (χ0v) is 35.4. The van der Waals surface area contributed by atoms with Gasteiger partial charge in [-0.3, -0.25) is 19.6 Å². The number of methoxy groups -OCH3 is 1. The molecule has 8 heteroatoms. The summed E-state index contributed by atoms with van der Waals surface area (Å²) < 4.78 is 12.1. The summed E-state index contributed by atoms with van der Waals surface area (Å²) in [5, 5.41) is 2.35. The summed E-state index contributed by atoms with van der Waals surface area (Å²) in [6, 6.07) is 15.7. The van der Waals surface area contributed by atoms with Crippen molar-refractivity contribution >= 4 is 45.3 Å². The van der Waals surface area contributed by atoms with Gasteiger partial charge in [0.15, 0.2) is 0 Å². The van der Waals surface area contributed by atoms with Crippen LogP contribution < -0.4 is 4.74 Å². The quantitative estimate of drug-likeness (QED) is 0.184. The lowest BCUT2D eigenvalue weighted by atomic mass is 9.89. The highest BCUT2D eigenvalue weighted by atomic mass is 16.5. The highest BCUT2D eigenvalue weighted by Crippen LogP contribution is 2.45. The molecule has 8 atom stereocenters. The van der Waals surface area contributed by atoms with Crippen molar-refractivity contribution in [2.75, 3.05) is 26.8 Å². The largest absolute Gasteiger partial charge is 0.488 e. The Balaban J connectivity index is 0.997. The molecule has 3 aromatic rings. The lowest BCUT2D eigenvalue weighted by Crippen LogP contribution is -2.44. The SMILES string of the molecule is CC[C@H]1C[C@@H](C2=NC=C(c3ccc4c(c3)COc3cc5c6c(ccc5cc3-4)N=C([C@@H]3C[C@H](COC)CN3C(=O)C(C)[C@@H](C)CC)C6)C2)N(C(=O)[C@@H](C)[C@@H](C)CC)C1. The van der Waals surface area contributed by atoms with Crippen LogP contribution in [-0.2, 0) is 27.4 Å². The number of fused-ring (bicyclic) bond motifs is 6. The molecule has 0 spiro atoms. The number of carbonyl (C=O) groups is 2. The molecule has 3 aromatic carbocycles. The van der Waals surface area contributed by atoms with Gasteiger partial charge in [0.2, 0.25) is 11.8 Å². The Morgan fingerprint density at radius 1 is 0.825 bits per heavy atom. The Kier molecular flexibility index (Phi) is 11.2. The van der Waals surface area contributed by atoms with Gasteiger partial charge in [0, 0.05) is 74.0 Å². The molecule has 8 rings (SSSR count). The molecular weight excluding hydrogens is 709 g/mol. The van der Waals surface area contributed by atoms with Gasteiger partial charge in [0.1, 0.15) is 12.4 Å². The van der Waals surface area contributed by atoms with Crippen molar-refractivity contribution in [3.8, 4) is 16.9 Å². The minimum atomic E-state index is -0.0240. The topological polar surface area (TPSA) is 83.8 Å². The Hall–Kier alpha value is -4.30. The molecule has 5 aliphatic rings. The smallest absolute Gasteiger partial charge is 0.226 e. The van der Waals surface area contributed by atoms with Crippen LogP contribution in [0.25, 0.3) is 27.5 Å². The number of rotatable bonds is 12.